The molecule has 4 rings (SSSR count). The van der Waals surface area contributed by atoms with E-state index in [1.165, 1.54) is 0 Å². The predicted molar refractivity (Wildman–Crippen MR) is 108 cm³/mol. The normalized spacial score (nSPS) is 20.1. The lowest BCUT2D eigenvalue weighted by Gasteiger charge is -2.25. The lowest BCUT2D eigenvalue weighted by Crippen LogP contribution is -2.43. The molecule has 2 aliphatic rings. The third-order valence-corrected chi connectivity index (χ3v) is 5.41. The van der Waals surface area contributed by atoms with Gasteiger partial charge >= 0.3 is 0 Å². The molecule has 0 radical (unpaired) electrons. The summed E-state index contributed by atoms with van der Waals surface area (Å²) in [6, 6.07) is 14.0. The molecule has 0 unspecified atom stereocenters. The van der Waals surface area contributed by atoms with E-state index in [1.54, 1.807) is 6.07 Å². The number of nitrogens with zero attached hydrogens (tertiary/aromatic N) is 3. The molecule has 1 atom stereocenters. The van der Waals surface area contributed by atoms with Crippen molar-refractivity contribution in [1.82, 2.24) is 20.8 Å². The molecule has 1 amide bonds. The summed E-state index contributed by atoms with van der Waals surface area (Å²) in [5, 5.41) is 14.9. The number of nitrogens with one attached hydrogen (secondary N) is 2. The fourth-order valence-electron chi connectivity index (χ4n) is 3.84. The van der Waals surface area contributed by atoms with Gasteiger partial charge in [0.15, 0.2) is 11.5 Å². The molecule has 2 saturated heterocycles. The number of anilines is 1. The van der Waals surface area contributed by atoms with Crippen LogP contribution in [0.2, 0.25) is 0 Å². The summed E-state index contributed by atoms with van der Waals surface area (Å²) in [5.41, 5.74) is 0.374. The monoisotopic (exact) mass is 381 g/mol. The fourth-order valence-corrected chi connectivity index (χ4v) is 3.84. The van der Waals surface area contributed by atoms with E-state index in [9.17, 15) is 4.79 Å². The number of carbonyl (C=O) groups excluding carboxylic acids is 1. The predicted octanol–water partition coefficient (Wildman–Crippen LogP) is 2.01. The van der Waals surface area contributed by atoms with Gasteiger partial charge in [0.05, 0.1) is 6.04 Å². The number of carbonyl (C=O) groups is 1. The van der Waals surface area contributed by atoms with Crippen LogP contribution in [0.3, 0.4) is 0 Å². The van der Waals surface area contributed by atoms with E-state index in [4.69, 9.17) is 4.74 Å². The van der Waals surface area contributed by atoms with Gasteiger partial charge in [0.1, 0.15) is 12.4 Å². The van der Waals surface area contributed by atoms with Crippen LogP contribution in [0.4, 0.5) is 5.82 Å². The Kier molecular flexibility index (Phi) is 6.01. The number of hydrogen-bond acceptors (Lipinski definition) is 6. The molecule has 2 aliphatic heterocycles. The highest BCUT2D eigenvalue weighted by molar-refractivity contribution is 5.92. The van der Waals surface area contributed by atoms with E-state index >= 15 is 0 Å². The second-order valence-electron chi connectivity index (χ2n) is 7.39. The van der Waals surface area contributed by atoms with Gasteiger partial charge in [-0.1, -0.05) is 18.2 Å². The van der Waals surface area contributed by atoms with Gasteiger partial charge in [-0.15, -0.1) is 10.2 Å². The Morgan fingerprint density at radius 2 is 1.93 bits per heavy atom. The van der Waals surface area contributed by atoms with Crippen molar-refractivity contribution in [1.29, 1.82) is 0 Å². The van der Waals surface area contributed by atoms with Gasteiger partial charge in [0.25, 0.3) is 5.91 Å². The smallest absolute Gasteiger partial charge is 0.272 e. The van der Waals surface area contributed by atoms with Crippen molar-refractivity contribution in [2.75, 3.05) is 31.1 Å². The van der Waals surface area contributed by atoms with Gasteiger partial charge in [0, 0.05) is 12.6 Å². The summed E-state index contributed by atoms with van der Waals surface area (Å²) in [5.74, 6) is 1.54. The number of aromatic nitrogens is 2. The number of para-hydroxylation sites is 1. The number of benzene rings is 1. The maximum absolute atomic E-state index is 12.4. The van der Waals surface area contributed by atoms with Crippen LogP contribution < -0.4 is 20.3 Å². The van der Waals surface area contributed by atoms with E-state index in [0.29, 0.717) is 12.3 Å². The Morgan fingerprint density at radius 3 is 2.68 bits per heavy atom. The molecule has 0 bridgehead atoms. The first-order valence-electron chi connectivity index (χ1n) is 10.1. The molecule has 0 saturated carbocycles. The second kappa shape index (κ2) is 9.01. The van der Waals surface area contributed by atoms with Crippen molar-refractivity contribution in [3.63, 3.8) is 0 Å². The van der Waals surface area contributed by atoms with Gasteiger partial charge in [0.2, 0.25) is 0 Å². The number of rotatable bonds is 6. The van der Waals surface area contributed by atoms with E-state index in [1.807, 2.05) is 36.4 Å². The van der Waals surface area contributed by atoms with Crippen molar-refractivity contribution in [3.8, 4) is 5.75 Å². The minimum absolute atomic E-state index is 0.142. The second-order valence-corrected chi connectivity index (χ2v) is 7.39. The van der Waals surface area contributed by atoms with Gasteiger partial charge < -0.3 is 20.3 Å². The molecular formula is C21H27N5O2. The van der Waals surface area contributed by atoms with Gasteiger partial charge in [-0.3, -0.25) is 4.79 Å². The van der Waals surface area contributed by atoms with Crippen molar-refractivity contribution < 1.29 is 9.53 Å². The molecule has 2 N–H and O–H groups in total. The number of ether oxygens (including phenoxy) is 1. The number of amides is 1. The molecule has 28 heavy (non-hydrogen) atoms. The first kappa shape index (κ1) is 18.7. The van der Waals surface area contributed by atoms with Gasteiger partial charge in [-0.25, -0.2) is 0 Å². The van der Waals surface area contributed by atoms with Crippen molar-refractivity contribution in [2.24, 2.45) is 0 Å². The van der Waals surface area contributed by atoms with E-state index < -0.39 is 0 Å². The molecule has 3 heterocycles. The lowest BCUT2D eigenvalue weighted by molar-refractivity contribution is 0.0923. The highest BCUT2D eigenvalue weighted by Gasteiger charge is 2.27. The van der Waals surface area contributed by atoms with E-state index in [2.05, 4.69) is 25.7 Å². The highest BCUT2D eigenvalue weighted by Crippen LogP contribution is 2.24. The molecule has 1 aromatic heterocycles. The van der Waals surface area contributed by atoms with Crippen LogP contribution in [-0.2, 0) is 0 Å². The van der Waals surface area contributed by atoms with Crippen LogP contribution in [0.25, 0.3) is 0 Å². The third-order valence-electron chi connectivity index (χ3n) is 5.41. The van der Waals surface area contributed by atoms with E-state index in [0.717, 1.165) is 56.9 Å². The topological polar surface area (TPSA) is 79.4 Å². The molecule has 148 valence electrons. The summed E-state index contributed by atoms with van der Waals surface area (Å²) in [6.45, 7) is 3.43. The lowest BCUT2D eigenvalue weighted by atomic mass is 10.1. The zero-order valence-corrected chi connectivity index (χ0v) is 16.0. The molecule has 2 fully saturated rings. The maximum Gasteiger partial charge on any atom is 0.272 e. The number of piperidine rings is 1. The summed E-state index contributed by atoms with van der Waals surface area (Å²) < 4.78 is 5.93. The molecule has 0 aliphatic carbocycles. The van der Waals surface area contributed by atoms with Crippen molar-refractivity contribution in [2.45, 2.75) is 37.8 Å². The third kappa shape index (κ3) is 4.59. The van der Waals surface area contributed by atoms with E-state index in [-0.39, 0.29) is 18.0 Å². The van der Waals surface area contributed by atoms with Gasteiger partial charge in [-0.05, 0) is 63.0 Å². The summed E-state index contributed by atoms with van der Waals surface area (Å²) in [7, 11) is 0. The molecule has 7 nitrogen and oxygen atoms in total. The molecule has 0 spiro atoms. The standard InChI is InChI=1S/C21H27N5O2/c27-21(23-16-10-12-22-13-11-16)19-8-9-20(25-24-19)26-14-4-5-17(26)15-28-18-6-2-1-3-7-18/h1-3,6-9,16-17,22H,4-5,10-15H2,(H,23,27)/t17-/m0/s1. The minimum atomic E-state index is -0.142. The van der Waals surface area contributed by atoms with Gasteiger partial charge in [-0.2, -0.15) is 0 Å². The summed E-state index contributed by atoms with van der Waals surface area (Å²) in [4.78, 5) is 14.6. The zero-order chi connectivity index (χ0) is 19.2. The Balaban J connectivity index is 1.35. The summed E-state index contributed by atoms with van der Waals surface area (Å²) >= 11 is 0. The van der Waals surface area contributed by atoms with Crippen LogP contribution >= 0.6 is 0 Å². The van der Waals surface area contributed by atoms with Crippen molar-refractivity contribution >= 4 is 11.7 Å². The SMILES string of the molecule is O=C(NC1CCNCC1)c1ccc(N2CCC[C@H]2COc2ccccc2)nn1. The average molecular weight is 381 g/mol. The first-order chi connectivity index (χ1) is 13.8. The number of hydrogen-bond donors (Lipinski definition) is 2. The molecule has 1 aromatic carbocycles. The largest absolute Gasteiger partial charge is 0.491 e. The Bertz CT molecular complexity index is 762. The quantitative estimate of drug-likeness (QED) is 0.797. The minimum Gasteiger partial charge on any atom is -0.491 e. The van der Waals surface area contributed by atoms with Crippen LogP contribution in [0.1, 0.15) is 36.2 Å². The zero-order valence-electron chi connectivity index (χ0n) is 16.0. The Morgan fingerprint density at radius 1 is 1.11 bits per heavy atom. The Hall–Kier alpha value is -2.67. The Labute approximate surface area is 165 Å². The van der Waals surface area contributed by atoms with Crippen LogP contribution in [0, 0.1) is 0 Å². The highest BCUT2D eigenvalue weighted by atomic mass is 16.5. The van der Waals surface area contributed by atoms with Crippen LogP contribution in [0.15, 0.2) is 42.5 Å². The van der Waals surface area contributed by atoms with Crippen LogP contribution in [-0.4, -0.2) is 54.4 Å². The average Bonchev–Trinajstić information content (AvgIpc) is 3.22. The maximum atomic E-state index is 12.4. The van der Waals surface area contributed by atoms with Crippen molar-refractivity contribution in [3.05, 3.63) is 48.2 Å². The fraction of sp³-hybridized carbons (Fsp3) is 0.476. The molecule has 2 aromatic rings. The molecule has 7 heteroatoms. The summed E-state index contributed by atoms with van der Waals surface area (Å²) in [6.07, 6.45) is 4.07. The molecular weight excluding hydrogens is 354 g/mol. The van der Waals surface area contributed by atoms with Crippen LogP contribution in [0.5, 0.6) is 5.75 Å². The first-order valence-corrected chi connectivity index (χ1v) is 10.1.